The van der Waals surface area contributed by atoms with Crippen LogP contribution in [-0.4, -0.2) is 32.7 Å². The van der Waals surface area contributed by atoms with E-state index in [0.29, 0.717) is 22.8 Å². The molecule has 0 aliphatic carbocycles. The van der Waals surface area contributed by atoms with E-state index >= 15 is 0 Å². The molecule has 0 bridgehead atoms. The number of ether oxygens (including phenoxy) is 2. The molecular formula is C13H10N4O3. The molecule has 1 aromatic carbocycles. The molecule has 100 valence electrons. The molecule has 3 rings (SSSR count). The fourth-order valence-electron chi connectivity index (χ4n) is 1.70. The summed E-state index contributed by atoms with van der Waals surface area (Å²) in [7, 11) is 1.34. The summed E-state index contributed by atoms with van der Waals surface area (Å²) in [6.07, 6.45) is 4.88. The average Bonchev–Trinajstić information content (AvgIpc) is 2.97. The normalized spacial score (nSPS) is 10.4. The molecule has 7 heteroatoms. The van der Waals surface area contributed by atoms with E-state index < -0.39 is 5.97 Å². The van der Waals surface area contributed by atoms with Crippen LogP contribution < -0.4 is 4.74 Å². The first-order valence-corrected chi connectivity index (χ1v) is 5.78. The highest BCUT2D eigenvalue weighted by molar-refractivity contribution is 5.89. The van der Waals surface area contributed by atoms with Crippen molar-refractivity contribution in [2.75, 3.05) is 7.11 Å². The van der Waals surface area contributed by atoms with Crippen molar-refractivity contribution in [2.45, 2.75) is 0 Å². The number of methoxy groups -OCH3 is 1. The van der Waals surface area contributed by atoms with Gasteiger partial charge in [0.15, 0.2) is 0 Å². The van der Waals surface area contributed by atoms with Crippen molar-refractivity contribution >= 4 is 11.6 Å². The van der Waals surface area contributed by atoms with Crippen molar-refractivity contribution in [3.8, 4) is 11.6 Å². The third-order valence-corrected chi connectivity index (χ3v) is 2.67. The van der Waals surface area contributed by atoms with Crippen molar-refractivity contribution < 1.29 is 14.3 Å². The lowest BCUT2D eigenvalue weighted by Gasteiger charge is -2.05. The van der Waals surface area contributed by atoms with Gasteiger partial charge in [-0.1, -0.05) is 0 Å². The number of hydrogen-bond acceptors (Lipinski definition) is 6. The van der Waals surface area contributed by atoms with E-state index in [4.69, 9.17) is 4.74 Å². The van der Waals surface area contributed by atoms with Gasteiger partial charge in [0.1, 0.15) is 12.1 Å². The van der Waals surface area contributed by atoms with Crippen molar-refractivity contribution in [3.63, 3.8) is 0 Å². The Morgan fingerprint density at radius 2 is 2.05 bits per heavy atom. The van der Waals surface area contributed by atoms with Crippen LogP contribution in [0.1, 0.15) is 10.4 Å². The van der Waals surface area contributed by atoms with Crippen LogP contribution >= 0.6 is 0 Å². The van der Waals surface area contributed by atoms with Gasteiger partial charge in [0.05, 0.1) is 12.7 Å². The molecule has 7 nitrogen and oxygen atoms in total. The third-order valence-electron chi connectivity index (χ3n) is 2.67. The SMILES string of the molecule is COC(=O)c1ccc(Oc2nccn3cnnc23)cc1. The molecule has 0 unspecified atom stereocenters. The number of carbonyl (C=O) groups is 1. The number of aromatic nitrogens is 4. The summed E-state index contributed by atoms with van der Waals surface area (Å²) in [5, 5.41) is 7.71. The first-order chi connectivity index (χ1) is 9.78. The zero-order chi connectivity index (χ0) is 13.9. The molecule has 0 atom stereocenters. The molecule has 0 fully saturated rings. The first kappa shape index (κ1) is 12.1. The van der Waals surface area contributed by atoms with Crippen molar-refractivity contribution in [1.82, 2.24) is 19.6 Å². The van der Waals surface area contributed by atoms with E-state index in [-0.39, 0.29) is 0 Å². The van der Waals surface area contributed by atoms with Gasteiger partial charge in [-0.05, 0) is 24.3 Å². The molecule has 0 saturated heterocycles. The lowest BCUT2D eigenvalue weighted by Crippen LogP contribution is -2.00. The zero-order valence-corrected chi connectivity index (χ0v) is 10.6. The van der Waals surface area contributed by atoms with Gasteiger partial charge in [-0.2, -0.15) is 0 Å². The topological polar surface area (TPSA) is 78.6 Å². The van der Waals surface area contributed by atoms with Crippen LogP contribution in [0.25, 0.3) is 5.65 Å². The molecule has 2 heterocycles. The number of carbonyl (C=O) groups excluding carboxylic acids is 1. The Morgan fingerprint density at radius 3 is 2.80 bits per heavy atom. The highest BCUT2D eigenvalue weighted by atomic mass is 16.5. The second kappa shape index (κ2) is 4.96. The molecule has 0 aliphatic rings. The maximum Gasteiger partial charge on any atom is 0.337 e. The van der Waals surface area contributed by atoms with E-state index in [9.17, 15) is 4.79 Å². The van der Waals surface area contributed by atoms with E-state index in [1.165, 1.54) is 7.11 Å². The zero-order valence-electron chi connectivity index (χ0n) is 10.6. The van der Waals surface area contributed by atoms with Gasteiger partial charge in [-0.3, -0.25) is 4.40 Å². The Morgan fingerprint density at radius 1 is 1.25 bits per heavy atom. The van der Waals surface area contributed by atoms with Crippen LogP contribution in [0.15, 0.2) is 43.0 Å². The average molecular weight is 270 g/mol. The highest BCUT2D eigenvalue weighted by Gasteiger charge is 2.09. The van der Waals surface area contributed by atoms with Crippen LogP contribution in [0.4, 0.5) is 0 Å². The summed E-state index contributed by atoms with van der Waals surface area (Å²) in [6.45, 7) is 0. The molecule has 0 saturated carbocycles. The van der Waals surface area contributed by atoms with Crippen molar-refractivity contribution in [3.05, 3.63) is 48.5 Å². The minimum absolute atomic E-state index is 0.343. The Labute approximate surface area is 113 Å². The van der Waals surface area contributed by atoms with E-state index in [2.05, 4.69) is 19.9 Å². The molecule has 2 aromatic heterocycles. The Hall–Kier alpha value is -2.96. The summed E-state index contributed by atoms with van der Waals surface area (Å²) in [5.41, 5.74) is 0.970. The van der Waals surface area contributed by atoms with Gasteiger partial charge in [-0.15, -0.1) is 10.2 Å². The quantitative estimate of drug-likeness (QED) is 0.674. The van der Waals surface area contributed by atoms with Crippen LogP contribution in [0.3, 0.4) is 0 Å². The summed E-state index contributed by atoms with van der Waals surface area (Å²) >= 11 is 0. The first-order valence-electron chi connectivity index (χ1n) is 5.78. The summed E-state index contributed by atoms with van der Waals surface area (Å²) in [4.78, 5) is 15.4. The van der Waals surface area contributed by atoms with Crippen LogP contribution in [0.2, 0.25) is 0 Å². The Bertz CT molecular complexity index is 752. The van der Waals surface area contributed by atoms with Gasteiger partial charge in [0, 0.05) is 12.4 Å². The minimum Gasteiger partial charge on any atom is -0.465 e. The molecule has 3 aromatic rings. The summed E-state index contributed by atoms with van der Waals surface area (Å²) in [6, 6.07) is 6.55. The smallest absolute Gasteiger partial charge is 0.337 e. The molecular weight excluding hydrogens is 260 g/mol. The van der Waals surface area contributed by atoms with Crippen LogP contribution in [0, 0.1) is 0 Å². The second-order valence-corrected chi connectivity index (χ2v) is 3.91. The number of fused-ring (bicyclic) bond motifs is 1. The Balaban J connectivity index is 1.88. The summed E-state index contributed by atoms with van der Waals surface area (Å²) < 4.78 is 12.0. The summed E-state index contributed by atoms with van der Waals surface area (Å²) in [5.74, 6) is 0.492. The van der Waals surface area contributed by atoms with Gasteiger partial charge >= 0.3 is 5.97 Å². The van der Waals surface area contributed by atoms with E-state index in [1.807, 2.05) is 0 Å². The largest absolute Gasteiger partial charge is 0.465 e. The monoisotopic (exact) mass is 270 g/mol. The van der Waals surface area contributed by atoms with Gasteiger partial charge in [-0.25, -0.2) is 9.78 Å². The number of rotatable bonds is 3. The van der Waals surface area contributed by atoms with Gasteiger partial charge < -0.3 is 9.47 Å². The standard InChI is InChI=1S/C13H10N4O3/c1-19-13(18)9-2-4-10(5-3-9)20-12-11-16-15-8-17(11)7-6-14-12/h2-8H,1H3. The maximum atomic E-state index is 11.3. The second-order valence-electron chi connectivity index (χ2n) is 3.91. The van der Waals surface area contributed by atoms with Crippen molar-refractivity contribution in [2.24, 2.45) is 0 Å². The molecule has 0 aliphatic heterocycles. The lowest BCUT2D eigenvalue weighted by atomic mass is 10.2. The fraction of sp³-hybridized carbons (Fsp3) is 0.0769. The molecule has 0 radical (unpaired) electrons. The van der Waals surface area contributed by atoms with Gasteiger partial charge in [0.2, 0.25) is 5.65 Å². The van der Waals surface area contributed by atoms with E-state index in [0.717, 1.165) is 0 Å². The molecule has 20 heavy (non-hydrogen) atoms. The predicted octanol–water partition coefficient (Wildman–Crippen LogP) is 1.70. The number of esters is 1. The Kier molecular flexibility index (Phi) is 3.00. The third kappa shape index (κ3) is 2.16. The van der Waals surface area contributed by atoms with Crippen LogP contribution in [0.5, 0.6) is 11.6 Å². The maximum absolute atomic E-state index is 11.3. The predicted molar refractivity (Wildman–Crippen MR) is 68.6 cm³/mol. The number of hydrogen-bond donors (Lipinski definition) is 0. The minimum atomic E-state index is -0.394. The number of nitrogens with zero attached hydrogens (tertiary/aromatic N) is 4. The number of benzene rings is 1. The fourth-order valence-corrected chi connectivity index (χ4v) is 1.70. The van der Waals surface area contributed by atoms with Crippen molar-refractivity contribution in [1.29, 1.82) is 0 Å². The molecule has 0 N–H and O–H groups in total. The highest BCUT2D eigenvalue weighted by Crippen LogP contribution is 2.22. The van der Waals surface area contributed by atoms with Crippen LogP contribution in [-0.2, 0) is 4.74 Å². The van der Waals surface area contributed by atoms with E-state index in [1.54, 1.807) is 47.4 Å². The molecule has 0 spiro atoms. The van der Waals surface area contributed by atoms with Gasteiger partial charge in [0.25, 0.3) is 5.88 Å². The lowest BCUT2D eigenvalue weighted by molar-refractivity contribution is 0.0600. The molecule has 0 amide bonds.